The third-order valence-corrected chi connectivity index (χ3v) is 4.68. The highest BCUT2D eigenvalue weighted by Gasteiger charge is 2.26. The molecule has 0 spiro atoms. The average molecular weight is 370 g/mol. The van der Waals surface area contributed by atoms with Crippen molar-refractivity contribution in [2.24, 2.45) is 12.1 Å². The summed E-state index contributed by atoms with van der Waals surface area (Å²) >= 11 is 0. The Morgan fingerprint density at radius 2 is 1.89 bits per heavy atom. The molecule has 0 saturated carbocycles. The minimum atomic E-state index is -0.395. The van der Waals surface area contributed by atoms with Crippen LogP contribution in [-0.4, -0.2) is 24.4 Å². The van der Waals surface area contributed by atoms with Gasteiger partial charge in [0.15, 0.2) is 11.2 Å². The van der Waals surface area contributed by atoms with Crippen molar-refractivity contribution in [3.8, 4) is 0 Å². The van der Waals surface area contributed by atoms with Gasteiger partial charge < -0.3 is 0 Å². The molecular weight excluding hydrogens is 351 g/mol. The summed E-state index contributed by atoms with van der Waals surface area (Å²) in [5.74, 6) is 0.181. The van der Waals surface area contributed by atoms with E-state index < -0.39 is 5.69 Å². The Labute approximate surface area is 153 Å². The van der Waals surface area contributed by atoms with Crippen molar-refractivity contribution in [2.75, 3.05) is 5.01 Å². The largest absolute Gasteiger partial charge is 0.332 e. The van der Waals surface area contributed by atoms with Gasteiger partial charge in [0, 0.05) is 13.6 Å². The van der Waals surface area contributed by atoms with Crippen molar-refractivity contribution in [3.05, 3.63) is 56.5 Å². The van der Waals surface area contributed by atoms with Crippen LogP contribution in [0.25, 0.3) is 11.2 Å². The fraction of sp³-hybridized carbons (Fsp3) is 0.333. The van der Waals surface area contributed by atoms with Crippen LogP contribution in [0.4, 0.5) is 10.3 Å². The molecule has 0 bridgehead atoms. The first-order chi connectivity index (χ1) is 12.9. The number of rotatable bonds is 3. The SMILES string of the molecule is CCn1c(=O)c2c(nc3n2CC(C)=NN3Cc2ccc(F)cc2)n(C)c1=O. The first-order valence-corrected chi connectivity index (χ1v) is 8.66. The molecule has 1 aliphatic rings. The van der Waals surface area contributed by atoms with E-state index in [9.17, 15) is 14.0 Å². The maximum Gasteiger partial charge on any atom is 0.332 e. The van der Waals surface area contributed by atoms with Crippen LogP contribution in [0.5, 0.6) is 0 Å². The second-order valence-electron chi connectivity index (χ2n) is 6.58. The molecule has 2 aromatic heterocycles. The van der Waals surface area contributed by atoms with Crippen molar-refractivity contribution in [2.45, 2.75) is 33.5 Å². The van der Waals surface area contributed by atoms with Crippen molar-refractivity contribution in [1.82, 2.24) is 18.7 Å². The number of hydrazone groups is 1. The molecule has 0 aliphatic carbocycles. The van der Waals surface area contributed by atoms with Crippen LogP contribution in [-0.2, 0) is 26.7 Å². The first-order valence-electron chi connectivity index (χ1n) is 8.66. The third kappa shape index (κ3) is 2.66. The van der Waals surface area contributed by atoms with Gasteiger partial charge in [-0.25, -0.2) is 14.2 Å². The van der Waals surface area contributed by atoms with Crippen molar-refractivity contribution in [3.63, 3.8) is 0 Å². The van der Waals surface area contributed by atoms with Gasteiger partial charge in [-0.2, -0.15) is 10.1 Å². The molecular formula is C18H19FN6O2. The molecule has 8 nitrogen and oxygen atoms in total. The van der Waals surface area contributed by atoms with E-state index in [1.165, 1.54) is 21.3 Å². The zero-order valence-corrected chi connectivity index (χ0v) is 15.3. The predicted molar refractivity (Wildman–Crippen MR) is 101 cm³/mol. The molecule has 9 heteroatoms. The molecule has 0 saturated heterocycles. The number of benzene rings is 1. The standard InChI is InChI=1S/C18H19FN6O2/c1-4-23-16(26)14-15(22(3)18(23)27)20-17-24(14)9-11(2)21-25(17)10-12-5-7-13(19)8-6-12/h5-8H,4,9-10H2,1-3H3. The van der Waals surface area contributed by atoms with E-state index in [1.54, 1.807) is 35.7 Å². The molecule has 4 rings (SSSR count). The summed E-state index contributed by atoms with van der Waals surface area (Å²) in [5.41, 5.74) is 1.62. The Kier molecular flexibility index (Phi) is 3.94. The van der Waals surface area contributed by atoms with E-state index in [0.29, 0.717) is 30.2 Å². The highest BCUT2D eigenvalue weighted by Crippen LogP contribution is 2.25. The lowest BCUT2D eigenvalue weighted by Crippen LogP contribution is -2.39. The van der Waals surface area contributed by atoms with Gasteiger partial charge in [0.2, 0.25) is 5.95 Å². The van der Waals surface area contributed by atoms with Gasteiger partial charge in [0.1, 0.15) is 5.82 Å². The Hall–Kier alpha value is -3.23. The predicted octanol–water partition coefficient (Wildman–Crippen LogP) is 1.45. The fourth-order valence-electron chi connectivity index (χ4n) is 3.37. The smallest absolute Gasteiger partial charge is 0.297 e. The molecule has 140 valence electrons. The van der Waals surface area contributed by atoms with Gasteiger partial charge in [0.05, 0.1) is 18.8 Å². The van der Waals surface area contributed by atoms with Crippen LogP contribution in [0.15, 0.2) is 39.0 Å². The highest BCUT2D eigenvalue weighted by atomic mass is 19.1. The lowest BCUT2D eigenvalue weighted by Gasteiger charge is -2.25. The molecule has 1 aromatic carbocycles. The number of halogens is 1. The highest BCUT2D eigenvalue weighted by molar-refractivity contribution is 5.87. The van der Waals surface area contributed by atoms with E-state index in [0.717, 1.165) is 11.3 Å². The van der Waals surface area contributed by atoms with Crippen LogP contribution >= 0.6 is 0 Å². The van der Waals surface area contributed by atoms with E-state index >= 15 is 0 Å². The number of aromatic nitrogens is 4. The zero-order chi connectivity index (χ0) is 19.3. The Balaban J connectivity index is 1.91. The third-order valence-electron chi connectivity index (χ3n) is 4.68. The summed E-state index contributed by atoms with van der Waals surface area (Å²) in [4.78, 5) is 29.8. The Bertz CT molecular complexity index is 1190. The lowest BCUT2D eigenvalue weighted by atomic mass is 10.2. The molecule has 0 fully saturated rings. The van der Waals surface area contributed by atoms with Crippen LogP contribution in [0.1, 0.15) is 19.4 Å². The second-order valence-corrected chi connectivity index (χ2v) is 6.58. The zero-order valence-electron chi connectivity index (χ0n) is 15.3. The Morgan fingerprint density at radius 3 is 2.56 bits per heavy atom. The Morgan fingerprint density at radius 1 is 1.19 bits per heavy atom. The van der Waals surface area contributed by atoms with Crippen LogP contribution in [0.2, 0.25) is 0 Å². The number of hydrogen-bond donors (Lipinski definition) is 0. The lowest BCUT2D eigenvalue weighted by molar-refractivity contribution is 0.626. The molecule has 0 atom stereocenters. The monoisotopic (exact) mass is 370 g/mol. The van der Waals surface area contributed by atoms with E-state index in [-0.39, 0.29) is 17.9 Å². The summed E-state index contributed by atoms with van der Waals surface area (Å²) < 4.78 is 17.5. The molecule has 3 aromatic rings. The topological polar surface area (TPSA) is 77.4 Å². The van der Waals surface area contributed by atoms with E-state index in [4.69, 9.17) is 0 Å². The van der Waals surface area contributed by atoms with E-state index in [1.807, 2.05) is 6.92 Å². The maximum absolute atomic E-state index is 13.2. The molecule has 27 heavy (non-hydrogen) atoms. The van der Waals surface area contributed by atoms with Gasteiger partial charge in [-0.1, -0.05) is 12.1 Å². The number of aryl methyl sites for hydroxylation is 1. The van der Waals surface area contributed by atoms with Crippen LogP contribution in [0.3, 0.4) is 0 Å². The molecule has 0 amide bonds. The molecule has 0 unspecified atom stereocenters. The number of anilines is 1. The number of fused-ring (bicyclic) bond motifs is 3. The van der Waals surface area contributed by atoms with Gasteiger partial charge in [0.25, 0.3) is 5.56 Å². The summed E-state index contributed by atoms with van der Waals surface area (Å²) in [6, 6.07) is 6.15. The number of imidazole rings is 1. The van der Waals surface area contributed by atoms with Gasteiger partial charge in [-0.05, 0) is 31.5 Å². The van der Waals surface area contributed by atoms with Gasteiger partial charge >= 0.3 is 5.69 Å². The van der Waals surface area contributed by atoms with Gasteiger partial charge in [-0.3, -0.25) is 18.5 Å². The number of hydrogen-bond acceptors (Lipinski definition) is 5. The molecule has 1 aliphatic heterocycles. The second kappa shape index (κ2) is 6.19. The minimum absolute atomic E-state index is 0.286. The summed E-state index contributed by atoms with van der Waals surface area (Å²) in [7, 11) is 1.60. The molecule has 0 N–H and O–H groups in total. The normalized spacial score (nSPS) is 13.8. The van der Waals surface area contributed by atoms with Crippen LogP contribution in [0, 0.1) is 5.82 Å². The van der Waals surface area contributed by atoms with Crippen LogP contribution < -0.4 is 16.3 Å². The fourth-order valence-corrected chi connectivity index (χ4v) is 3.37. The van der Waals surface area contributed by atoms with Gasteiger partial charge in [-0.15, -0.1) is 0 Å². The molecule has 3 heterocycles. The van der Waals surface area contributed by atoms with Crippen molar-refractivity contribution in [1.29, 1.82) is 0 Å². The quantitative estimate of drug-likeness (QED) is 0.699. The molecule has 0 radical (unpaired) electrons. The average Bonchev–Trinajstić information content (AvgIpc) is 3.02. The van der Waals surface area contributed by atoms with Crippen molar-refractivity contribution < 1.29 is 4.39 Å². The first kappa shape index (κ1) is 17.2. The summed E-state index contributed by atoms with van der Waals surface area (Å²) in [6.07, 6.45) is 0. The van der Waals surface area contributed by atoms with Crippen molar-refractivity contribution >= 4 is 22.8 Å². The van der Waals surface area contributed by atoms with E-state index in [2.05, 4.69) is 10.1 Å². The number of nitrogens with zero attached hydrogens (tertiary/aromatic N) is 6. The maximum atomic E-state index is 13.2. The summed E-state index contributed by atoms with van der Waals surface area (Å²) in [5, 5.41) is 6.21. The minimum Gasteiger partial charge on any atom is -0.297 e. The summed E-state index contributed by atoms with van der Waals surface area (Å²) in [6.45, 7) is 4.70.